The van der Waals surface area contributed by atoms with E-state index in [1.54, 1.807) is 37.3 Å². The molecule has 3 rings (SSSR count). The predicted molar refractivity (Wildman–Crippen MR) is 129 cm³/mol. The Morgan fingerprint density at radius 3 is 2.26 bits per heavy atom. The van der Waals surface area contributed by atoms with Gasteiger partial charge in [0.2, 0.25) is 0 Å². The summed E-state index contributed by atoms with van der Waals surface area (Å²) in [6.07, 6.45) is 3.77. The molecule has 0 saturated heterocycles. The van der Waals surface area contributed by atoms with Crippen LogP contribution in [0.25, 0.3) is 0 Å². The minimum atomic E-state index is -4.05. The maximum absolute atomic E-state index is 13.4. The van der Waals surface area contributed by atoms with Crippen LogP contribution in [0.5, 0.6) is 0 Å². The fraction of sp³-hybridized carbons (Fsp3) is 0.440. The van der Waals surface area contributed by atoms with Gasteiger partial charge in [0, 0.05) is 17.1 Å². The molecule has 0 heterocycles. The second-order valence-corrected chi connectivity index (χ2v) is 10.5. The molecule has 1 aliphatic rings. The molecule has 0 bridgehead atoms. The number of esters is 1. The smallest absolute Gasteiger partial charge is 0.332 e. The van der Waals surface area contributed by atoms with Gasteiger partial charge < -0.3 is 9.47 Å². The van der Waals surface area contributed by atoms with Crippen LogP contribution in [0.3, 0.4) is 0 Å². The number of rotatable bonds is 10. The van der Waals surface area contributed by atoms with E-state index in [1.165, 1.54) is 24.3 Å². The molecule has 9 heteroatoms. The van der Waals surface area contributed by atoms with Gasteiger partial charge in [-0.2, -0.15) is 0 Å². The Balaban J connectivity index is 1.65. The van der Waals surface area contributed by atoms with Crippen LogP contribution in [-0.2, 0) is 24.3 Å². The summed E-state index contributed by atoms with van der Waals surface area (Å²) in [7, 11) is -4.05. The van der Waals surface area contributed by atoms with Gasteiger partial charge in [0.05, 0.1) is 17.6 Å². The van der Waals surface area contributed by atoms with Crippen molar-refractivity contribution >= 4 is 33.5 Å². The molecule has 0 aromatic heterocycles. The zero-order chi connectivity index (χ0) is 24.6. The Kier molecular flexibility index (Phi) is 9.50. The molecule has 0 unspecified atom stereocenters. The van der Waals surface area contributed by atoms with Crippen LogP contribution >= 0.6 is 11.6 Å². The monoisotopic (exact) mass is 507 g/mol. The van der Waals surface area contributed by atoms with Crippen molar-refractivity contribution in [3.63, 3.8) is 0 Å². The summed E-state index contributed by atoms with van der Waals surface area (Å²) in [6, 6.07) is 14.2. The van der Waals surface area contributed by atoms with Crippen LogP contribution in [0.4, 0.5) is 0 Å². The first-order valence-corrected chi connectivity index (χ1v) is 13.3. The summed E-state index contributed by atoms with van der Waals surface area (Å²) in [5, 5.41) is 0.418. The summed E-state index contributed by atoms with van der Waals surface area (Å²) in [4.78, 5) is 24.7. The van der Waals surface area contributed by atoms with Crippen molar-refractivity contribution in [3.8, 4) is 0 Å². The van der Waals surface area contributed by atoms with Gasteiger partial charge in [-0.15, -0.1) is 0 Å². The van der Waals surface area contributed by atoms with E-state index in [0.717, 1.165) is 30.0 Å². The van der Waals surface area contributed by atoms with Crippen molar-refractivity contribution in [3.05, 3.63) is 65.2 Å². The topological polar surface area (TPSA) is 90.0 Å². The van der Waals surface area contributed by atoms with Crippen LogP contribution in [0, 0.1) is 5.92 Å². The Bertz CT molecular complexity index is 1050. The Morgan fingerprint density at radius 1 is 1.00 bits per heavy atom. The standard InChI is InChI=1S/C25H30ClNO6S/c1-2-32-24(28)18-33-22-12-8-19(9-13-22)16-17-27(25(29)20-6-4-3-5-7-20)34(30,31)23-14-10-21(26)11-15-23/h3-7,10-11,14-15,19,22H,2,8-9,12-13,16-18H2,1H3. The van der Waals surface area contributed by atoms with Crippen molar-refractivity contribution in [2.75, 3.05) is 19.8 Å². The number of hydrogen-bond acceptors (Lipinski definition) is 6. The Morgan fingerprint density at radius 2 is 1.65 bits per heavy atom. The van der Waals surface area contributed by atoms with Crippen molar-refractivity contribution in [1.82, 2.24) is 4.31 Å². The van der Waals surface area contributed by atoms with Crippen molar-refractivity contribution in [2.24, 2.45) is 5.92 Å². The molecular formula is C25H30ClNO6S. The maximum atomic E-state index is 13.4. The third-order valence-electron chi connectivity index (χ3n) is 5.93. The van der Waals surface area contributed by atoms with E-state index in [2.05, 4.69) is 0 Å². The fourth-order valence-corrected chi connectivity index (χ4v) is 5.59. The molecular weight excluding hydrogens is 478 g/mol. The number of hydrogen-bond donors (Lipinski definition) is 0. The average Bonchev–Trinajstić information content (AvgIpc) is 2.84. The van der Waals surface area contributed by atoms with Gasteiger partial charge in [-0.1, -0.05) is 29.8 Å². The molecule has 7 nitrogen and oxygen atoms in total. The second-order valence-electron chi connectivity index (χ2n) is 8.25. The molecule has 0 spiro atoms. The average molecular weight is 508 g/mol. The number of amides is 1. The number of benzene rings is 2. The van der Waals surface area contributed by atoms with Crippen LogP contribution in [0.1, 0.15) is 49.4 Å². The summed E-state index contributed by atoms with van der Waals surface area (Å²) >= 11 is 5.92. The fourth-order valence-electron chi connectivity index (χ4n) is 4.06. The predicted octanol–water partition coefficient (Wildman–Crippen LogP) is 4.70. The lowest BCUT2D eigenvalue weighted by atomic mass is 9.85. The molecule has 0 atom stereocenters. The van der Waals surface area contributed by atoms with Gasteiger partial charge in [-0.25, -0.2) is 17.5 Å². The minimum absolute atomic E-state index is 0.0134. The van der Waals surface area contributed by atoms with Gasteiger partial charge in [0.25, 0.3) is 15.9 Å². The lowest BCUT2D eigenvalue weighted by Gasteiger charge is -2.30. The third-order valence-corrected chi connectivity index (χ3v) is 7.97. The van der Waals surface area contributed by atoms with Gasteiger partial charge in [0.1, 0.15) is 6.61 Å². The van der Waals surface area contributed by atoms with E-state index in [-0.39, 0.29) is 36.0 Å². The molecule has 1 aliphatic carbocycles. The second kappa shape index (κ2) is 12.3. The normalized spacial score (nSPS) is 18.3. The first kappa shape index (κ1) is 26.2. The summed E-state index contributed by atoms with van der Waals surface area (Å²) < 4.78 is 38.3. The van der Waals surface area contributed by atoms with Crippen LogP contribution in [-0.4, -0.2) is 50.5 Å². The van der Waals surface area contributed by atoms with E-state index >= 15 is 0 Å². The molecule has 0 N–H and O–H groups in total. The summed E-state index contributed by atoms with van der Waals surface area (Å²) in [6.45, 7) is 2.10. The lowest BCUT2D eigenvalue weighted by Crippen LogP contribution is -2.38. The van der Waals surface area contributed by atoms with E-state index in [4.69, 9.17) is 21.1 Å². The van der Waals surface area contributed by atoms with Gasteiger partial charge >= 0.3 is 5.97 Å². The number of halogens is 1. The first-order chi connectivity index (χ1) is 16.3. The number of ether oxygens (including phenoxy) is 2. The van der Waals surface area contributed by atoms with Crippen LogP contribution < -0.4 is 0 Å². The van der Waals surface area contributed by atoms with Crippen molar-refractivity contribution in [1.29, 1.82) is 0 Å². The molecule has 1 amide bonds. The number of carbonyl (C=O) groups excluding carboxylic acids is 2. The molecule has 2 aromatic carbocycles. The van der Waals surface area contributed by atoms with Crippen molar-refractivity contribution in [2.45, 2.75) is 50.0 Å². The lowest BCUT2D eigenvalue weighted by molar-refractivity contribution is -0.151. The van der Waals surface area contributed by atoms with E-state index < -0.39 is 15.9 Å². The van der Waals surface area contributed by atoms with Gasteiger partial charge in [-0.05, 0) is 81.3 Å². The van der Waals surface area contributed by atoms with E-state index in [1.807, 2.05) is 0 Å². The Hall–Kier alpha value is -2.42. The molecule has 184 valence electrons. The first-order valence-electron chi connectivity index (χ1n) is 11.5. The largest absolute Gasteiger partial charge is 0.464 e. The van der Waals surface area contributed by atoms with E-state index in [0.29, 0.717) is 23.6 Å². The minimum Gasteiger partial charge on any atom is -0.464 e. The van der Waals surface area contributed by atoms with E-state index in [9.17, 15) is 18.0 Å². The number of sulfonamides is 1. The molecule has 0 radical (unpaired) electrons. The van der Waals surface area contributed by atoms with Crippen LogP contribution in [0.2, 0.25) is 5.02 Å². The van der Waals surface area contributed by atoms with Crippen molar-refractivity contribution < 1.29 is 27.5 Å². The van der Waals surface area contributed by atoms with Gasteiger partial charge in [0.15, 0.2) is 0 Å². The SMILES string of the molecule is CCOC(=O)COC1CCC(CCN(C(=O)c2ccccc2)S(=O)(=O)c2ccc(Cl)cc2)CC1. The summed E-state index contributed by atoms with van der Waals surface area (Å²) in [5.41, 5.74) is 0.316. The highest BCUT2D eigenvalue weighted by atomic mass is 35.5. The summed E-state index contributed by atoms with van der Waals surface area (Å²) in [5.74, 6) is -0.664. The highest BCUT2D eigenvalue weighted by molar-refractivity contribution is 7.89. The number of nitrogens with zero attached hydrogens (tertiary/aromatic N) is 1. The molecule has 34 heavy (non-hydrogen) atoms. The Labute approximate surface area is 206 Å². The zero-order valence-electron chi connectivity index (χ0n) is 19.2. The molecule has 0 aliphatic heterocycles. The van der Waals surface area contributed by atoms with Crippen LogP contribution in [0.15, 0.2) is 59.5 Å². The molecule has 1 fully saturated rings. The maximum Gasteiger partial charge on any atom is 0.332 e. The highest BCUT2D eigenvalue weighted by Crippen LogP contribution is 2.30. The quantitative estimate of drug-likeness (QED) is 0.433. The zero-order valence-corrected chi connectivity index (χ0v) is 20.8. The third kappa shape index (κ3) is 7.04. The molecule has 2 aromatic rings. The number of carbonyl (C=O) groups is 2. The molecule has 1 saturated carbocycles. The van der Waals surface area contributed by atoms with Gasteiger partial charge in [-0.3, -0.25) is 4.79 Å². The highest BCUT2D eigenvalue weighted by Gasteiger charge is 2.31.